The number of carbonyl (C=O) groups is 2. The Kier molecular flexibility index (Phi) is 14.1. The van der Waals surface area contributed by atoms with Crippen LogP contribution in [0.1, 0.15) is 66.7 Å². The van der Waals surface area contributed by atoms with Crippen LogP contribution < -0.4 is 16.0 Å². The average Bonchev–Trinajstić information content (AvgIpc) is 2.58. The number of nitrogens with zero attached hydrogens (tertiary/aromatic N) is 2. The van der Waals surface area contributed by atoms with E-state index in [2.05, 4.69) is 39.7 Å². The molecule has 1 rings (SSSR count). The number of halogens is 1. The lowest BCUT2D eigenvalue weighted by molar-refractivity contribution is -0.127. The molecular formula is C22H44IN5O3. The summed E-state index contributed by atoms with van der Waals surface area (Å²) in [7, 11) is 3.74. The van der Waals surface area contributed by atoms with Gasteiger partial charge in [0.05, 0.1) is 0 Å². The van der Waals surface area contributed by atoms with Gasteiger partial charge in [-0.3, -0.25) is 9.79 Å². The van der Waals surface area contributed by atoms with Crippen LogP contribution >= 0.6 is 24.0 Å². The van der Waals surface area contributed by atoms with Crippen LogP contribution in [-0.4, -0.2) is 68.2 Å². The van der Waals surface area contributed by atoms with E-state index in [4.69, 9.17) is 4.74 Å². The molecule has 1 aliphatic rings. The summed E-state index contributed by atoms with van der Waals surface area (Å²) >= 11 is 0. The third-order valence-electron chi connectivity index (χ3n) is 5.27. The first kappa shape index (κ1) is 29.7. The van der Waals surface area contributed by atoms with Gasteiger partial charge in [-0.1, -0.05) is 20.3 Å². The van der Waals surface area contributed by atoms with Crippen molar-refractivity contribution in [2.45, 2.75) is 78.4 Å². The molecule has 0 radical (unpaired) electrons. The van der Waals surface area contributed by atoms with Crippen LogP contribution in [0, 0.1) is 11.8 Å². The number of nitrogens with one attached hydrogen (secondary N) is 3. The molecule has 0 aliphatic heterocycles. The predicted octanol–water partition coefficient (Wildman–Crippen LogP) is 3.36. The number of carbonyl (C=O) groups excluding carboxylic acids is 2. The summed E-state index contributed by atoms with van der Waals surface area (Å²) in [6.45, 7) is 11.9. The van der Waals surface area contributed by atoms with E-state index in [-0.39, 0.29) is 47.9 Å². The predicted molar refractivity (Wildman–Crippen MR) is 137 cm³/mol. The van der Waals surface area contributed by atoms with Crippen molar-refractivity contribution in [3.63, 3.8) is 0 Å². The van der Waals surface area contributed by atoms with Crippen LogP contribution in [0.4, 0.5) is 4.79 Å². The highest BCUT2D eigenvalue weighted by Gasteiger charge is 2.24. The standard InChI is InChI=1S/C22H43N5O3.HI/c1-16(2)18(26-21(29)30-22(3,4)5)12-15-27(7)20(23-6)25-14-9-13-24-19(28)17-10-8-11-17;/h16-18H,8-15H2,1-7H3,(H,23,25)(H,24,28)(H,26,29);1H. The van der Waals surface area contributed by atoms with E-state index in [0.29, 0.717) is 12.5 Å². The minimum absolute atomic E-state index is 0. The quantitative estimate of drug-likeness (QED) is 0.167. The zero-order chi connectivity index (χ0) is 22.7. The highest BCUT2D eigenvalue weighted by Crippen LogP contribution is 2.26. The van der Waals surface area contributed by atoms with Crippen LogP contribution in [0.2, 0.25) is 0 Å². The van der Waals surface area contributed by atoms with Gasteiger partial charge in [-0.05, 0) is 52.4 Å². The molecule has 1 atom stereocenters. The van der Waals surface area contributed by atoms with E-state index in [1.165, 1.54) is 6.42 Å². The molecule has 1 aliphatic carbocycles. The van der Waals surface area contributed by atoms with E-state index >= 15 is 0 Å². The summed E-state index contributed by atoms with van der Waals surface area (Å²) in [5.41, 5.74) is -0.508. The fourth-order valence-electron chi connectivity index (χ4n) is 3.17. The molecule has 3 N–H and O–H groups in total. The second-order valence-corrected chi connectivity index (χ2v) is 9.45. The van der Waals surface area contributed by atoms with Crippen molar-refractivity contribution < 1.29 is 14.3 Å². The van der Waals surface area contributed by atoms with Crippen LogP contribution in [0.25, 0.3) is 0 Å². The summed E-state index contributed by atoms with van der Waals surface area (Å²) in [5, 5.41) is 9.33. The molecule has 2 amide bonds. The molecule has 31 heavy (non-hydrogen) atoms. The number of ether oxygens (including phenoxy) is 1. The maximum Gasteiger partial charge on any atom is 0.407 e. The second kappa shape index (κ2) is 14.7. The van der Waals surface area contributed by atoms with Crippen LogP contribution in [0.15, 0.2) is 4.99 Å². The summed E-state index contributed by atoms with van der Waals surface area (Å²) in [6.07, 6.45) is 4.48. The van der Waals surface area contributed by atoms with Gasteiger partial charge in [0.15, 0.2) is 5.96 Å². The van der Waals surface area contributed by atoms with E-state index in [9.17, 15) is 9.59 Å². The minimum atomic E-state index is -0.508. The van der Waals surface area contributed by atoms with Gasteiger partial charge in [0.25, 0.3) is 0 Å². The zero-order valence-electron chi connectivity index (χ0n) is 20.4. The maximum absolute atomic E-state index is 12.1. The number of hydrogen-bond acceptors (Lipinski definition) is 4. The van der Waals surface area contributed by atoms with Gasteiger partial charge in [-0.25, -0.2) is 4.79 Å². The van der Waals surface area contributed by atoms with Crippen molar-refractivity contribution in [3.8, 4) is 0 Å². The summed E-state index contributed by atoms with van der Waals surface area (Å²) in [4.78, 5) is 30.3. The summed E-state index contributed by atoms with van der Waals surface area (Å²) in [5.74, 6) is 1.53. The third kappa shape index (κ3) is 12.4. The lowest BCUT2D eigenvalue weighted by Gasteiger charge is -2.28. The Labute approximate surface area is 205 Å². The number of alkyl carbamates (subject to hydrolysis) is 1. The molecule has 1 saturated carbocycles. The number of rotatable bonds is 10. The average molecular weight is 554 g/mol. The Morgan fingerprint density at radius 3 is 2.26 bits per heavy atom. The second-order valence-electron chi connectivity index (χ2n) is 9.45. The number of amides is 2. The van der Waals surface area contributed by atoms with Gasteiger partial charge >= 0.3 is 6.09 Å². The Morgan fingerprint density at radius 1 is 1.16 bits per heavy atom. The summed E-state index contributed by atoms with van der Waals surface area (Å²) < 4.78 is 5.38. The van der Waals surface area contributed by atoms with Crippen LogP contribution in [-0.2, 0) is 9.53 Å². The maximum atomic E-state index is 12.1. The van der Waals surface area contributed by atoms with Crippen molar-refractivity contribution in [1.82, 2.24) is 20.9 Å². The van der Waals surface area contributed by atoms with Crippen molar-refractivity contribution in [3.05, 3.63) is 0 Å². The fraction of sp³-hybridized carbons (Fsp3) is 0.864. The van der Waals surface area contributed by atoms with Crippen molar-refractivity contribution in [1.29, 1.82) is 0 Å². The first-order valence-electron chi connectivity index (χ1n) is 11.2. The van der Waals surface area contributed by atoms with Gasteiger partial charge in [0.2, 0.25) is 5.91 Å². The number of hydrogen-bond donors (Lipinski definition) is 3. The van der Waals surface area contributed by atoms with Crippen LogP contribution in [0.3, 0.4) is 0 Å². The molecule has 0 heterocycles. The molecule has 0 aromatic heterocycles. The smallest absolute Gasteiger partial charge is 0.407 e. The van der Waals surface area contributed by atoms with Gasteiger partial charge in [0.1, 0.15) is 5.60 Å². The molecule has 0 aromatic carbocycles. The van der Waals surface area contributed by atoms with E-state index < -0.39 is 5.60 Å². The number of guanidine groups is 1. The fourth-order valence-corrected chi connectivity index (χ4v) is 3.17. The Balaban J connectivity index is 0.00000900. The zero-order valence-corrected chi connectivity index (χ0v) is 22.7. The van der Waals surface area contributed by atoms with Gasteiger partial charge < -0.3 is 25.6 Å². The first-order valence-corrected chi connectivity index (χ1v) is 11.2. The minimum Gasteiger partial charge on any atom is -0.444 e. The Hall–Kier alpha value is -1.26. The van der Waals surface area contributed by atoms with Crippen molar-refractivity contribution in [2.24, 2.45) is 16.8 Å². The first-order chi connectivity index (χ1) is 14.0. The molecule has 1 unspecified atom stereocenters. The van der Waals surface area contributed by atoms with Crippen LogP contribution in [0.5, 0.6) is 0 Å². The number of aliphatic imine (C=N–C) groups is 1. The lowest BCUT2D eigenvalue weighted by atomic mass is 9.85. The SMILES string of the molecule is CN=C(NCCCNC(=O)C1CCC1)N(C)CCC(NC(=O)OC(C)(C)C)C(C)C.I. The largest absolute Gasteiger partial charge is 0.444 e. The Morgan fingerprint density at radius 2 is 1.77 bits per heavy atom. The van der Waals surface area contributed by atoms with E-state index in [0.717, 1.165) is 44.7 Å². The molecule has 1 fully saturated rings. The topological polar surface area (TPSA) is 95.1 Å². The molecule has 0 aromatic rings. The molecular weight excluding hydrogens is 509 g/mol. The molecule has 0 spiro atoms. The lowest BCUT2D eigenvalue weighted by Crippen LogP contribution is -2.45. The molecule has 9 heteroatoms. The van der Waals surface area contributed by atoms with Gasteiger partial charge in [-0.15, -0.1) is 24.0 Å². The summed E-state index contributed by atoms with van der Waals surface area (Å²) in [6, 6.07) is 0.0159. The van der Waals surface area contributed by atoms with Gasteiger partial charge in [0, 0.05) is 45.7 Å². The van der Waals surface area contributed by atoms with E-state index in [1.807, 2.05) is 27.8 Å². The van der Waals surface area contributed by atoms with Crippen molar-refractivity contribution >= 4 is 41.9 Å². The normalized spacial score (nSPS) is 15.4. The molecule has 8 nitrogen and oxygen atoms in total. The van der Waals surface area contributed by atoms with E-state index in [1.54, 1.807) is 7.05 Å². The third-order valence-corrected chi connectivity index (χ3v) is 5.27. The Bertz CT molecular complexity index is 574. The monoisotopic (exact) mass is 553 g/mol. The molecule has 0 bridgehead atoms. The molecule has 182 valence electrons. The highest BCUT2D eigenvalue weighted by molar-refractivity contribution is 14.0. The highest BCUT2D eigenvalue weighted by atomic mass is 127. The molecule has 0 saturated heterocycles. The van der Waals surface area contributed by atoms with Gasteiger partial charge in [-0.2, -0.15) is 0 Å². The van der Waals surface area contributed by atoms with Crippen molar-refractivity contribution in [2.75, 3.05) is 33.7 Å².